The van der Waals surface area contributed by atoms with Gasteiger partial charge in [-0.1, -0.05) is 37.3 Å². The highest BCUT2D eigenvalue weighted by atomic mass is 28.3. The van der Waals surface area contributed by atoms with Gasteiger partial charge in [-0.15, -0.1) is 0 Å². The van der Waals surface area contributed by atoms with Gasteiger partial charge >= 0.3 is 0 Å². The first-order chi connectivity index (χ1) is 21.5. The fraction of sp³-hybridized carbons (Fsp3) is 0.559. The third kappa shape index (κ3) is 5.27. The van der Waals surface area contributed by atoms with Crippen molar-refractivity contribution >= 4 is 42.4 Å². The topological polar surface area (TPSA) is 120 Å². The Bertz CT molecular complexity index is 1460. The van der Waals surface area contributed by atoms with Crippen LogP contribution in [0, 0.1) is 5.92 Å². The number of benzene rings is 2. The van der Waals surface area contributed by atoms with Crippen LogP contribution in [0.3, 0.4) is 0 Å². The van der Waals surface area contributed by atoms with Crippen molar-refractivity contribution in [3.8, 4) is 5.75 Å². The van der Waals surface area contributed by atoms with E-state index in [-0.39, 0.29) is 54.3 Å². The van der Waals surface area contributed by atoms with E-state index in [4.69, 9.17) is 9.47 Å². The van der Waals surface area contributed by atoms with Crippen LogP contribution in [0.1, 0.15) is 44.6 Å². The molecule has 0 saturated carbocycles. The predicted octanol–water partition coefficient (Wildman–Crippen LogP) is 2.95. The van der Waals surface area contributed by atoms with E-state index in [2.05, 4.69) is 42.8 Å². The van der Waals surface area contributed by atoms with Crippen LogP contribution in [0.2, 0.25) is 18.6 Å². The normalized spacial score (nSPS) is 29.5. The Kier molecular flexibility index (Phi) is 8.57. The van der Waals surface area contributed by atoms with Crippen molar-refractivity contribution < 1.29 is 29.0 Å². The van der Waals surface area contributed by atoms with Gasteiger partial charge in [0.05, 0.1) is 52.1 Å². The Labute approximate surface area is 266 Å². The summed E-state index contributed by atoms with van der Waals surface area (Å²) in [5.74, 6) is 0.229. The van der Waals surface area contributed by atoms with E-state index in [1.54, 1.807) is 24.0 Å². The lowest BCUT2D eigenvalue weighted by Gasteiger charge is -2.37. The third-order valence-electron chi connectivity index (χ3n) is 10.9. The number of anilines is 2. The summed E-state index contributed by atoms with van der Waals surface area (Å²) < 4.78 is 12.5. The quantitative estimate of drug-likeness (QED) is 0.382. The van der Waals surface area contributed by atoms with Gasteiger partial charge in [0.2, 0.25) is 11.8 Å². The molecule has 6 atom stereocenters. The van der Waals surface area contributed by atoms with Gasteiger partial charge in [0.25, 0.3) is 5.91 Å². The standard InChI is InChI=1S/C34H46N4O6Si/c1-21-31(45(4,5)25-13-11-24(43-3)12-14-25)29(19-30(40)38-17-7-8-23(38)20-39)44-34(21)26-18-22(10-15-28(26)37(2)33(34)42)36-32(41)27-9-6-16-35-27/h10-15,18,21,23,27,29,31,35,39H,6-9,16-17,19-20H2,1-5H3,(H,36,41)/t21-,23+,27-,29+,31-,34+/m1/s1. The van der Waals surface area contributed by atoms with Crippen LogP contribution >= 0.6 is 0 Å². The van der Waals surface area contributed by atoms with Gasteiger partial charge in [-0.2, -0.15) is 0 Å². The predicted molar refractivity (Wildman–Crippen MR) is 176 cm³/mol. The molecule has 3 amide bonds. The van der Waals surface area contributed by atoms with E-state index in [1.807, 2.05) is 30.3 Å². The van der Waals surface area contributed by atoms with Gasteiger partial charge in [0.15, 0.2) is 5.60 Å². The fourth-order valence-corrected chi connectivity index (χ4v) is 12.5. The minimum Gasteiger partial charge on any atom is -0.497 e. The number of hydrogen-bond acceptors (Lipinski definition) is 7. The number of aliphatic hydroxyl groups is 1. The zero-order valence-electron chi connectivity index (χ0n) is 27.0. The van der Waals surface area contributed by atoms with Crippen LogP contribution in [0.25, 0.3) is 0 Å². The zero-order valence-corrected chi connectivity index (χ0v) is 28.0. The number of nitrogens with one attached hydrogen (secondary N) is 2. The summed E-state index contributed by atoms with van der Waals surface area (Å²) >= 11 is 0. The molecule has 4 heterocycles. The number of likely N-dealkylation sites (tertiary alicyclic amines) is 1. The van der Waals surface area contributed by atoms with E-state index in [1.165, 1.54) is 5.19 Å². The maximum absolute atomic E-state index is 14.4. The van der Waals surface area contributed by atoms with Crippen LogP contribution in [0.4, 0.5) is 11.4 Å². The molecule has 3 saturated heterocycles. The summed E-state index contributed by atoms with van der Waals surface area (Å²) in [5.41, 5.74) is 0.710. The number of likely N-dealkylation sites (N-methyl/N-ethyl adjacent to an activating group) is 1. The van der Waals surface area contributed by atoms with Crippen molar-refractivity contribution in [2.45, 2.75) is 81.5 Å². The maximum Gasteiger partial charge on any atom is 0.264 e. The molecule has 2 aromatic carbocycles. The van der Waals surface area contributed by atoms with E-state index in [0.29, 0.717) is 12.2 Å². The first-order valence-corrected chi connectivity index (χ1v) is 19.3. The van der Waals surface area contributed by atoms with E-state index >= 15 is 0 Å². The largest absolute Gasteiger partial charge is 0.497 e. The Morgan fingerprint density at radius 2 is 1.91 bits per heavy atom. The molecule has 0 aliphatic carbocycles. The van der Waals surface area contributed by atoms with Gasteiger partial charge in [-0.3, -0.25) is 14.4 Å². The third-order valence-corrected chi connectivity index (χ3v) is 15.3. The highest BCUT2D eigenvalue weighted by molar-refractivity contribution is 6.91. The van der Waals surface area contributed by atoms with E-state index in [9.17, 15) is 19.5 Å². The monoisotopic (exact) mass is 634 g/mol. The molecule has 0 radical (unpaired) electrons. The van der Waals surface area contributed by atoms with Gasteiger partial charge in [0, 0.05) is 30.8 Å². The number of carbonyl (C=O) groups excluding carboxylic acids is 3. The molecule has 1 spiro atoms. The zero-order chi connectivity index (χ0) is 32.1. The minimum atomic E-state index is -2.41. The Morgan fingerprint density at radius 1 is 1.16 bits per heavy atom. The highest BCUT2D eigenvalue weighted by Crippen LogP contribution is 2.60. The molecule has 0 bridgehead atoms. The van der Waals surface area contributed by atoms with Crippen molar-refractivity contribution in [3.63, 3.8) is 0 Å². The van der Waals surface area contributed by atoms with Crippen LogP contribution in [0.5, 0.6) is 5.75 Å². The number of amides is 3. The van der Waals surface area contributed by atoms with Crippen molar-refractivity contribution in [3.05, 3.63) is 48.0 Å². The lowest BCUT2D eigenvalue weighted by atomic mass is 9.82. The fourth-order valence-electron chi connectivity index (χ4n) is 8.48. The molecule has 3 fully saturated rings. The van der Waals surface area contributed by atoms with Crippen LogP contribution in [-0.2, 0) is 24.7 Å². The maximum atomic E-state index is 14.4. The summed E-state index contributed by atoms with van der Waals surface area (Å²) in [6.45, 7) is 8.05. The second-order valence-corrected chi connectivity index (χ2v) is 18.3. The minimum absolute atomic E-state index is 0.0468. The summed E-state index contributed by atoms with van der Waals surface area (Å²) in [5, 5.41) is 17.4. The molecule has 3 N–H and O–H groups in total. The molecule has 11 heteroatoms. The molecular formula is C34H46N4O6Si. The Balaban J connectivity index is 1.40. The summed E-state index contributed by atoms with van der Waals surface area (Å²) in [6, 6.07) is 13.3. The lowest BCUT2D eigenvalue weighted by Crippen LogP contribution is -2.52. The van der Waals surface area contributed by atoms with Gasteiger partial charge in [-0.25, -0.2) is 0 Å². The average Bonchev–Trinajstić information content (AvgIpc) is 3.83. The van der Waals surface area contributed by atoms with Crippen LogP contribution < -0.4 is 25.5 Å². The van der Waals surface area contributed by atoms with Gasteiger partial charge in [-0.05, 0) is 68.1 Å². The summed E-state index contributed by atoms with van der Waals surface area (Å²) in [4.78, 5) is 44.7. The molecule has 0 unspecified atom stereocenters. The van der Waals surface area contributed by atoms with Crippen molar-refractivity contribution in [2.75, 3.05) is 44.1 Å². The molecule has 45 heavy (non-hydrogen) atoms. The molecule has 4 aliphatic heterocycles. The first kappa shape index (κ1) is 31.7. The number of methoxy groups -OCH3 is 1. The molecule has 4 aliphatic rings. The number of fused-ring (bicyclic) bond motifs is 2. The highest BCUT2D eigenvalue weighted by Gasteiger charge is 2.66. The molecular weight excluding hydrogens is 588 g/mol. The number of rotatable bonds is 8. The van der Waals surface area contributed by atoms with E-state index < -0.39 is 19.8 Å². The molecule has 242 valence electrons. The smallest absolute Gasteiger partial charge is 0.264 e. The second-order valence-electron chi connectivity index (χ2n) is 13.7. The van der Waals surface area contributed by atoms with Crippen molar-refractivity contribution in [1.82, 2.24) is 10.2 Å². The van der Waals surface area contributed by atoms with E-state index in [0.717, 1.165) is 49.2 Å². The summed E-state index contributed by atoms with van der Waals surface area (Å²) in [7, 11) is 1.00. The Morgan fingerprint density at radius 3 is 2.58 bits per heavy atom. The first-order valence-electron chi connectivity index (χ1n) is 16.2. The SMILES string of the molecule is COc1ccc([Si](C)(C)[C@H]2[C@H](CC(=O)N3CCC[C@H]3CO)O[C@@]3(C(=O)N(C)c4ccc(NC(=O)[C@H]5CCCN5)cc43)[C@@H]2C)cc1. The second kappa shape index (κ2) is 12.2. The van der Waals surface area contributed by atoms with Crippen molar-refractivity contribution in [2.24, 2.45) is 5.92 Å². The molecule has 6 rings (SSSR count). The van der Waals surface area contributed by atoms with Crippen LogP contribution in [0.15, 0.2) is 42.5 Å². The molecule has 0 aromatic heterocycles. The number of carbonyl (C=O) groups is 3. The lowest BCUT2D eigenvalue weighted by molar-refractivity contribution is -0.149. The average molecular weight is 635 g/mol. The molecule has 2 aromatic rings. The number of aliphatic hydroxyl groups excluding tert-OH is 1. The van der Waals surface area contributed by atoms with Crippen molar-refractivity contribution in [1.29, 1.82) is 0 Å². The number of hydrogen-bond donors (Lipinski definition) is 3. The van der Waals surface area contributed by atoms with Crippen LogP contribution in [-0.4, -0.2) is 87.8 Å². The van der Waals surface area contributed by atoms with Gasteiger partial charge in [0.1, 0.15) is 5.75 Å². The number of ether oxygens (including phenoxy) is 2. The molecule has 10 nitrogen and oxygen atoms in total. The van der Waals surface area contributed by atoms with Gasteiger partial charge < -0.3 is 35.0 Å². The summed E-state index contributed by atoms with van der Waals surface area (Å²) in [6.07, 6.45) is 3.02. The number of nitrogens with zero attached hydrogens (tertiary/aromatic N) is 2. The Hall–Kier alpha value is -3.25.